The van der Waals surface area contributed by atoms with Crippen LogP contribution in [0.25, 0.3) is 11.0 Å². The number of benzene rings is 2. The van der Waals surface area contributed by atoms with Gasteiger partial charge < -0.3 is 9.52 Å². The first kappa shape index (κ1) is 12.7. The Morgan fingerprint density at radius 3 is 2.68 bits per heavy atom. The fraction of sp³-hybridized carbons (Fsp3) is 0.0667. The van der Waals surface area contributed by atoms with Gasteiger partial charge in [0.15, 0.2) is 0 Å². The van der Waals surface area contributed by atoms with E-state index in [0.717, 1.165) is 15.4 Å². The molecule has 0 amide bonds. The molecule has 19 heavy (non-hydrogen) atoms. The van der Waals surface area contributed by atoms with Gasteiger partial charge in [0.05, 0.1) is 5.02 Å². The van der Waals surface area contributed by atoms with Gasteiger partial charge in [-0.15, -0.1) is 0 Å². The molecule has 1 unspecified atom stereocenters. The first-order chi connectivity index (χ1) is 9.16. The molecule has 0 saturated heterocycles. The summed E-state index contributed by atoms with van der Waals surface area (Å²) in [4.78, 5) is 0. The second-order valence-electron chi connectivity index (χ2n) is 4.23. The van der Waals surface area contributed by atoms with Gasteiger partial charge >= 0.3 is 0 Å². The van der Waals surface area contributed by atoms with E-state index < -0.39 is 6.10 Å². The third kappa shape index (κ3) is 2.29. The SMILES string of the molecule is OC(c1cc2ccccc2o1)c1cccc(Br)c1Cl. The number of fused-ring (bicyclic) bond motifs is 1. The van der Waals surface area contributed by atoms with Crippen molar-refractivity contribution in [1.82, 2.24) is 0 Å². The number of para-hydroxylation sites is 1. The molecule has 3 rings (SSSR count). The maximum absolute atomic E-state index is 10.4. The predicted molar refractivity (Wildman–Crippen MR) is 79.4 cm³/mol. The molecular formula is C15H10BrClO2. The van der Waals surface area contributed by atoms with Gasteiger partial charge in [-0.1, -0.05) is 41.9 Å². The number of halogens is 2. The van der Waals surface area contributed by atoms with E-state index in [2.05, 4.69) is 15.9 Å². The van der Waals surface area contributed by atoms with Crippen LogP contribution < -0.4 is 0 Å². The summed E-state index contributed by atoms with van der Waals surface area (Å²) in [7, 11) is 0. The van der Waals surface area contributed by atoms with E-state index in [9.17, 15) is 5.11 Å². The number of hydrogen-bond donors (Lipinski definition) is 1. The molecule has 0 spiro atoms. The standard InChI is InChI=1S/C15H10BrClO2/c16-11-6-3-5-10(14(11)17)15(18)13-8-9-4-1-2-7-12(9)19-13/h1-8,15,18H. The summed E-state index contributed by atoms with van der Waals surface area (Å²) in [6.45, 7) is 0. The van der Waals surface area contributed by atoms with E-state index >= 15 is 0 Å². The maximum atomic E-state index is 10.4. The van der Waals surface area contributed by atoms with E-state index in [1.807, 2.05) is 42.5 Å². The van der Waals surface area contributed by atoms with Crippen LogP contribution in [0.2, 0.25) is 5.02 Å². The van der Waals surface area contributed by atoms with Gasteiger partial charge in [-0.3, -0.25) is 0 Å². The van der Waals surface area contributed by atoms with Gasteiger partial charge in [0.2, 0.25) is 0 Å². The number of aliphatic hydroxyl groups is 1. The Kier molecular flexibility index (Phi) is 3.35. The summed E-state index contributed by atoms with van der Waals surface area (Å²) < 4.78 is 6.41. The zero-order chi connectivity index (χ0) is 13.4. The molecule has 1 aromatic heterocycles. The van der Waals surface area contributed by atoms with Gasteiger partial charge in [0.1, 0.15) is 17.4 Å². The van der Waals surface area contributed by atoms with Crippen molar-refractivity contribution >= 4 is 38.5 Å². The van der Waals surface area contributed by atoms with Crippen molar-refractivity contribution in [3.8, 4) is 0 Å². The lowest BCUT2D eigenvalue weighted by atomic mass is 10.1. The molecule has 0 fully saturated rings. The molecule has 3 aromatic rings. The van der Waals surface area contributed by atoms with Crippen LogP contribution in [0.1, 0.15) is 17.4 Å². The number of rotatable bonds is 2. The van der Waals surface area contributed by atoms with Crippen LogP contribution in [-0.4, -0.2) is 5.11 Å². The Bertz CT molecular complexity index is 703. The smallest absolute Gasteiger partial charge is 0.138 e. The third-order valence-electron chi connectivity index (χ3n) is 2.99. The van der Waals surface area contributed by atoms with Crippen LogP contribution in [0.5, 0.6) is 0 Å². The van der Waals surface area contributed by atoms with E-state index in [1.54, 1.807) is 6.07 Å². The largest absolute Gasteiger partial charge is 0.458 e. The first-order valence-electron chi connectivity index (χ1n) is 5.77. The van der Waals surface area contributed by atoms with Crippen molar-refractivity contribution in [3.63, 3.8) is 0 Å². The monoisotopic (exact) mass is 336 g/mol. The molecule has 4 heteroatoms. The van der Waals surface area contributed by atoms with Crippen LogP contribution in [0.15, 0.2) is 57.4 Å². The molecule has 0 bridgehead atoms. The Morgan fingerprint density at radius 2 is 1.89 bits per heavy atom. The van der Waals surface area contributed by atoms with E-state index in [-0.39, 0.29) is 0 Å². The minimum atomic E-state index is -0.877. The first-order valence-corrected chi connectivity index (χ1v) is 6.94. The summed E-state index contributed by atoms with van der Waals surface area (Å²) in [6, 6.07) is 14.9. The van der Waals surface area contributed by atoms with Crippen LogP contribution in [0, 0.1) is 0 Å². The lowest BCUT2D eigenvalue weighted by Gasteiger charge is -2.10. The average molecular weight is 338 g/mol. The lowest BCUT2D eigenvalue weighted by molar-refractivity contribution is 0.192. The van der Waals surface area contributed by atoms with Gasteiger partial charge in [-0.25, -0.2) is 0 Å². The predicted octanol–water partition coefficient (Wildman–Crippen LogP) is 4.93. The van der Waals surface area contributed by atoms with Gasteiger partial charge in [0.25, 0.3) is 0 Å². The fourth-order valence-electron chi connectivity index (χ4n) is 2.02. The van der Waals surface area contributed by atoms with E-state index in [0.29, 0.717) is 16.3 Å². The van der Waals surface area contributed by atoms with Crippen molar-refractivity contribution in [2.45, 2.75) is 6.10 Å². The van der Waals surface area contributed by atoms with Crippen molar-refractivity contribution in [1.29, 1.82) is 0 Å². The molecule has 0 aliphatic rings. The molecule has 0 saturated carbocycles. The van der Waals surface area contributed by atoms with Crippen molar-refractivity contribution in [2.24, 2.45) is 0 Å². The summed E-state index contributed by atoms with van der Waals surface area (Å²) in [6.07, 6.45) is -0.877. The zero-order valence-corrected chi connectivity index (χ0v) is 12.1. The van der Waals surface area contributed by atoms with Crippen LogP contribution in [0.4, 0.5) is 0 Å². The summed E-state index contributed by atoms with van der Waals surface area (Å²) in [5.74, 6) is 0.487. The summed E-state index contributed by atoms with van der Waals surface area (Å²) in [5.41, 5.74) is 1.37. The second-order valence-corrected chi connectivity index (χ2v) is 5.46. The fourth-order valence-corrected chi connectivity index (χ4v) is 2.63. The summed E-state index contributed by atoms with van der Waals surface area (Å²) >= 11 is 9.54. The Hall–Kier alpha value is -1.29. The number of furan rings is 1. The Balaban J connectivity index is 2.08. The third-order valence-corrected chi connectivity index (χ3v) is 4.30. The van der Waals surface area contributed by atoms with Crippen molar-refractivity contribution < 1.29 is 9.52 Å². The Labute approximate surface area is 123 Å². The Morgan fingerprint density at radius 1 is 1.11 bits per heavy atom. The molecular weight excluding hydrogens is 328 g/mol. The highest BCUT2D eigenvalue weighted by molar-refractivity contribution is 9.10. The van der Waals surface area contributed by atoms with E-state index in [4.69, 9.17) is 16.0 Å². The van der Waals surface area contributed by atoms with Gasteiger partial charge in [-0.05, 0) is 34.1 Å². The van der Waals surface area contributed by atoms with Crippen LogP contribution in [-0.2, 0) is 0 Å². The van der Waals surface area contributed by atoms with E-state index in [1.165, 1.54) is 0 Å². The molecule has 1 heterocycles. The quantitative estimate of drug-likeness (QED) is 0.719. The molecule has 0 radical (unpaired) electrons. The minimum Gasteiger partial charge on any atom is -0.458 e. The lowest BCUT2D eigenvalue weighted by Crippen LogP contribution is -1.99. The second kappa shape index (κ2) is 5.00. The molecule has 0 aliphatic heterocycles. The van der Waals surface area contributed by atoms with Crippen molar-refractivity contribution in [2.75, 3.05) is 0 Å². The zero-order valence-electron chi connectivity index (χ0n) is 9.81. The van der Waals surface area contributed by atoms with Crippen LogP contribution >= 0.6 is 27.5 Å². The molecule has 0 aliphatic carbocycles. The normalized spacial score (nSPS) is 12.8. The number of hydrogen-bond acceptors (Lipinski definition) is 2. The molecule has 2 aromatic carbocycles. The summed E-state index contributed by atoms with van der Waals surface area (Å²) in [5, 5.41) is 11.9. The topological polar surface area (TPSA) is 33.4 Å². The number of aliphatic hydroxyl groups excluding tert-OH is 1. The van der Waals surface area contributed by atoms with Gasteiger partial charge in [0, 0.05) is 15.4 Å². The maximum Gasteiger partial charge on any atom is 0.138 e. The highest BCUT2D eigenvalue weighted by Crippen LogP contribution is 2.35. The average Bonchev–Trinajstić information content (AvgIpc) is 2.85. The van der Waals surface area contributed by atoms with Gasteiger partial charge in [-0.2, -0.15) is 0 Å². The molecule has 2 nitrogen and oxygen atoms in total. The highest BCUT2D eigenvalue weighted by atomic mass is 79.9. The van der Waals surface area contributed by atoms with Crippen molar-refractivity contribution in [3.05, 3.63) is 69.3 Å². The van der Waals surface area contributed by atoms with Crippen LogP contribution in [0.3, 0.4) is 0 Å². The molecule has 1 atom stereocenters. The molecule has 1 N–H and O–H groups in total. The molecule has 96 valence electrons. The highest BCUT2D eigenvalue weighted by Gasteiger charge is 2.19. The minimum absolute atomic E-state index is 0.487.